The van der Waals surface area contributed by atoms with E-state index in [0.29, 0.717) is 35.8 Å². The second kappa shape index (κ2) is 8.46. The molecule has 152 valence electrons. The standard InChI is InChI=1S/C21H26N6O2/c1-3-28-20-12-19(25-13(2)26-20)27-15-4-6-16(7-5-15)29-18-11-14(22)10-17-21(18)24-9-8-23-17/h8-12,15-16H,3-7,22H2,1-2H3,(H,25,26,27). The van der Waals surface area contributed by atoms with Crippen molar-refractivity contribution in [1.29, 1.82) is 0 Å². The summed E-state index contributed by atoms with van der Waals surface area (Å²) in [5.74, 6) is 2.82. The van der Waals surface area contributed by atoms with Crippen LogP contribution >= 0.6 is 0 Å². The Kier molecular flexibility index (Phi) is 5.59. The normalized spacial score (nSPS) is 19.1. The van der Waals surface area contributed by atoms with Gasteiger partial charge >= 0.3 is 0 Å². The van der Waals surface area contributed by atoms with Crippen LogP contribution in [-0.2, 0) is 0 Å². The molecule has 8 heteroatoms. The number of ether oxygens (including phenoxy) is 2. The van der Waals surface area contributed by atoms with E-state index in [1.807, 2.05) is 32.0 Å². The van der Waals surface area contributed by atoms with E-state index >= 15 is 0 Å². The number of rotatable bonds is 6. The fourth-order valence-corrected chi connectivity index (χ4v) is 3.70. The number of hydrogen-bond donors (Lipinski definition) is 2. The van der Waals surface area contributed by atoms with Crippen LogP contribution in [0.3, 0.4) is 0 Å². The first-order valence-electron chi connectivity index (χ1n) is 10.0. The van der Waals surface area contributed by atoms with Crippen molar-refractivity contribution in [3.8, 4) is 11.6 Å². The highest BCUT2D eigenvalue weighted by Crippen LogP contribution is 2.31. The van der Waals surface area contributed by atoms with Gasteiger partial charge in [-0.2, -0.15) is 4.98 Å². The lowest BCUT2D eigenvalue weighted by Gasteiger charge is -2.30. The third kappa shape index (κ3) is 4.64. The lowest BCUT2D eigenvalue weighted by atomic mass is 9.93. The molecular formula is C21H26N6O2. The molecule has 1 aliphatic rings. The van der Waals surface area contributed by atoms with Crippen LogP contribution in [0.2, 0.25) is 0 Å². The molecule has 29 heavy (non-hydrogen) atoms. The highest BCUT2D eigenvalue weighted by Gasteiger charge is 2.24. The minimum atomic E-state index is 0.131. The zero-order chi connectivity index (χ0) is 20.2. The number of nitrogens with one attached hydrogen (secondary N) is 1. The minimum Gasteiger partial charge on any atom is -0.488 e. The Morgan fingerprint density at radius 2 is 1.86 bits per heavy atom. The zero-order valence-electron chi connectivity index (χ0n) is 16.8. The van der Waals surface area contributed by atoms with E-state index in [0.717, 1.165) is 42.5 Å². The highest BCUT2D eigenvalue weighted by atomic mass is 16.5. The van der Waals surface area contributed by atoms with Gasteiger partial charge in [-0.25, -0.2) is 9.97 Å². The SMILES string of the molecule is CCOc1cc(NC2CCC(Oc3cc(N)cc4nccnc34)CC2)nc(C)n1. The summed E-state index contributed by atoms with van der Waals surface area (Å²) in [7, 11) is 0. The van der Waals surface area contributed by atoms with Gasteiger partial charge in [0.1, 0.15) is 22.9 Å². The number of aromatic nitrogens is 4. The first-order valence-corrected chi connectivity index (χ1v) is 10.0. The van der Waals surface area contributed by atoms with Gasteiger partial charge in [0.15, 0.2) is 0 Å². The zero-order valence-corrected chi connectivity index (χ0v) is 16.8. The van der Waals surface area contributed by atoms with E-state index in [-0.39, 0.29) is 6.10 Å². The summed E-state index contributed by atoms with van der Waals surface area (Å²) in [5.41, 5.74) is 8.14. The van der Waals surface area contributed by atoms with Crippen molar-refractivity contribution >= 4 is 22.5 Å². The predicted octanol–water partition coefficient (Wildman–Crippen LogP) is 3.51. The largest absolute Gasteiger partial charge is 0.488 e. The highest BCUT2D eigenvalue weighted by molar-refractivity contribution is 5.84. The molecule has 0 amide bonds. The lowest BCUT2D eigenvalue weighted by molar-refractivity contribution is 0.152. The Hall–Kier alpha value is -3.16. The number of benzene rings is 1. The molecule has 1 saturated carbocycles. The molecule has 0 atom stereocenters. The molecule has 2 aromatic heterocycles. The third-order valence-corrected chi connectivity index (χ3v) is 4.99. The van der Waals surface area contributed by atoms with Gasteiger partial charge in [-0.15, -0.1) is 0 Å². The summed E-state index contributed by atoms with van der Waals surface area (Å²) >= 11 is 0. The fourth-order valence-electron chi connectivity index (χ4n) is 3.70. The van der Waals surface area contributed by atoms with Gasteiger partial charge < -0.3 is 20.5 Å². The molecule has 0 radical (unpaired) electrons. The van der Waals surface area contributed by atoms with Crippen LogP contribution in [-0.4, -0.2) is 38.7 Å². The van der Waals surface area contributed by atoms with Crippen LogP contribution in [0.25, 0.3) is 11.0 Å². The summed E-state index contributed by atoms with van der Waals surface area (Å²) < 4.78 is 11.8. The summed E-state index contributed by atoms with van der Waals surface area (Å²) in [6.07, 6.45) is 7.33. The average Bonchev–Trinajstić information content (AvgIpc) is 2.69. The Balaban J connectivity index is 1.38. The smallest absolute Gasteiger partial charge is 0.218 e. The molecule has 0 bridgehead atoms. The first kappa shape index (κ1) is 19.2. The van der Waals surface area contributed by atoms with Crippen molar-refractivity contribution < 1.29 is 9.47 Å². The Bertz CT molecular complexity index is 988. The van der Waals surface area contributed by atoms with Gasteiger partial charge in [-0.1, -0.05) is 0 Å². The van der Waals surface area contributed by atoms with Crippen LogP contribution in [0.5, 0.6) is 11.6 Å². The van der Waals surface area contributed by atoms with Crippen LogP contribution < -0.4 is 20.5 Å². The van der Waals surface area contributed by atoms with Crippen molar-refractivity contribution in [2.75, 3.05) is 17.7 Å². The number of hydrogen-bond acceptors (Lipinski definition) is 8. The van der Waals surface area contributed by atoms with E-state index in [9.17, 15) is 0 Å². The van der Waals surface area contributed by atoms with Crippen molar-refractivity contribution in [2.24, 2.45) is 0 Å². The molecule has 1 fully saturated rings. The Labute approximate surface area is 169 Å². The topological polar surface area (TPSA) is 108 Å². The van der Waals surface area contributed by atoms with Crippen molar-refractivity contribution in [1.82, 2.24) is 19.9 Å². The first-order chi connectivity index (χ1) is 14.1. The molecular weight excluding hydrogens is 368 g/mol. The predicted molar refractivity (Wildman–Crippen MR) is 112 cm³/mol. The quantitative estimate of drug-likeness (QED) is 0.612. The number of anilines is 2. The molecule has 1 aromatic carbocycles. The molecule has 0 saturated heterocycles. The summed E-state index contributed by atoms with van der Waals surface area (Å²) in [6.45, 7) is 4.40. The average molecular weight is 394 g/mol. The van der Waals surface area contributed by atoms with Gasteiger partial charge in [0, 0.05) is 36.3 Å². The summed E-state index contributed by atoms with van der Waals surface area (Å²) in [6, 6.07) is 5.85. The molecule has 0 aliphatic heterocycles. The van der Waals surface area contributed by atoms with Crippen molar-refractivity contribution in [3.63, 3.8) is 0 Å². The molecule has 0 unspecified atom stereocenters. The third-order valence-electron chi connectivity index (χ3n) is 4.99. The van der Waals surface area contributed by atoms with Crippen LogP contribution in [0.15, 0.2) is 30.6 Å². The maximum absolute atomic E-state index is 6.26. The van der Waals surface area contributed by atoms with E-state index < -0.39 is 0 Å². The van der Waals surface area contributed by atoms with E-state index in [2.05, 4.69) is 25.3 Å². The lowest BCUT2D eigenvalue weighted by Crippen LogP contribution is -2.31. The molecule has 3 aromatic rings. The van der Waals surface area contributed by atoms with E-state index in [1.165, 1.54) is 0 Å². The van der Waals surface area contributed by atoms with Crippen molar-refractivity contribution in [3.05, 3.63) is 36.4 Å². The van der Waals surface area contributed by atoms with Crippen LogP contribution in [0.4, 0.5) is 11.5 Å². The van der Waals surface area contributed by atoms with Gasteiger partial charge in [-0.05, 0) is 45.6 Å². The van der Waals surface area contributed by atoms with Crippen molar-refractivity contribution in [2.45, 2.75) is 51.7 Å². The maximum Gasteiger partial charge on any atom is 0.218 e. The fraction of sp³-hybridized carbons (Fsp3) is 0.429. The summed E-state index contributed by atoms with van der Waals surface area (Å²) in [4.78, 5) is 17.5. The minimum absolute atomic E-state index is 0.131. The molecule has 8 nitrogen and oxygen atoms in total. The number of nitrogen functional groups attached to an aromatic ring is 1. The van der Waals surface area contributed by atoms with Crippen LogP contribution in [0.1, 0.15) is 38.4 Å². The van der Waals surface area contributed by atoms with Gasteiger partial charge in [0.2, 0.25) is 5.88 Å². The number of aryl methyl sites for hydroxylation is 1. The summed E-state index contributed by atoms with van der Waals surface area (Å²) in [5, 5.41) is 3.51. The van der Waals surface area contributed by atoms with Gasteiger partial charge in [0.05, 0.1) is 18.2 Å². The van der Waals surface area contributed by atoms with Gasteiger partial charge in [0.25, 0.3) is 0 Å². The molecule has 0 spiro atoms. The van der Waals surface area contributed by atoms with Gasteiger partial charge in [-0.3, -0.25) is 4.98 Å². The molecule has 1 aliphatic carbocycles. The number of nitrogens with two attached hydrogens (primary N) is 1. The van der Waals surface area contributed by atoms with Crippen LogP contribution in [0, 0.1) is 6.92 Å². The Morgan fingerprint density at radius 3 is 2.66 bits per heavy atom. The number of fused-ring (bicyclic) bond motifs is 1. The maximum atomic E-state index is 6.26. The molecule has 4 rings (SSSR count). The van der Waals surface area contributed by atoms with E-state index in [1.54, 1.807) is 12.4 Å². The molecule has 2 heterocycles. The second-order valence-corrected chi connectivity index (χ2v) is 7.25. The number of nitrogens with zero attached hydrogens (tertiary/aromatic N) is 4. The van der Waals surface area contributed by atoms with E-state index in [4.69, 9.17) is 15.2 Å². The Morgan fingerprint density at radius 1 is 1.07 bits per heavy atom. The monoisotopic (exact) mass is 394 g/mol. The molecule has 3 N–H and O–H groups in total. The second-order valence-electron chi connectivity index (χ2n) is 7.25.